The summed E-state index contributed by atoms with van der Waals surface area (Å²) in [7, 11) is 1.84. The van der Waals surface area contributed by atoms with Gasteiger partial charge in [-0.2, -0.15) is 5.10 Å². The van der Waals surface area contributed by atoms with Crippen molar-refractivity contribution in [1.29, 1.82) is 0 Å². The molecule has 0 bridgehead atoms. The van der Waals surface area contributed by atoms with E-state index in [1.165, 1.54) is 0 Å². The van der Waals surface area contributed by atoms with Crippen molar-refractivity contribution < 1.29 is 9.90 Å². The molecule has 0 saturated carbocycles. The van der Waals surface area contributed by atoms with Gasteiger partial charge >= 0.3 is 0 Å². The fourth-order valence-corrected chi connectivity index (χ4v) is 2.44. The maximum absolute atomic E-state index is 11.2. The second-order valence-corrected chi connectivity index (χ2v) is 4.45. The monoisotopic (exact) mass is 253 g/mol. The highest BCUT2D eigenvalue weighted by atomic mass is 16.3. The Hall–Kier alpha value is -1.36. The summed E-state index contributed by atoms with van der Waals surface area (Å²) in [5.41, 5.74) is 1.36. The van der Waals surface area contributed by atoms with Crippen molar-refractivity contribution in [3.05, 3.63) is 11.3 Å². The largest absolute Gasteiger partial charge is 0.395 e. The van der Waals surface area contributed by atoms with E-state index in [0.717, 1.165) is 30.6 Å². The summed E-state index contributed by atoms with van der Waals surface area (Å²) in [6.07, 6.45) is 2.79. The smallest absolute Gasteiger partial charge is 0.155 e. The second-order valence-electron chi connectivity index (χ2n) is 4.45. The minimum Gasteiger partial charge on any atom is -0.395 e. The third-order valence-electron chi connectivity index (χ3n) is 3.35. The number of aromatic nitrogens is 2. The third-order valence-corrected chi connectivity index (χ3v) is 3.35. The lowest BCUT2D eigenvalue weighted by atomic mass is 10.1. The number of aliphatic hydroxyl groups excluding tert-OH is 1. The van der Waals surface area contributed by atoms with Crippen LogP contribution in [0, 0.1) is 6.92 Å². The van der Waals surface area contributed by atoms with Gasteiger partial charge in [0.15, 0.2) is 6.29 Å². The average molecular weight is 253 g/mol. The van der Waals surface area contributed by atoms with Crippen molar-refractivity contribution in [1.82, 2.24) is 9.78 Å². The summed E-state index contributed by atoms with van der Waals surface area (Å²) in [6, 6.07) is 0.311. The topological polar surface area (TPSA) is 58.4 Å². The number of hydrogen-bond donors (Lipinski definition) is 1. The summed E-state index contributed by atoms with van der Waals surface area (Å²) in [5, 5.41) is 13.5. The first-order valence-electron chi connectivity index (χ1n) is 6.46. The van der Waals surface area contributed by atoms with Crippen LogP contribution in [-0.4, -0.2) is 40.4 Å². The molecule has 1 aromatic heterocycles. The van der Waals surface area contributed by atoms with Gasteiger partial charge in [0.25, 0.3) is 0 Å². The Labute approximate surface area is 108 Å². The minimum absolute atomic E-state index is 0.0685. The molecular formula is C13H23N3O2. The number of carbonyl (C=O) groups excluding carboxylic acids is 1. The molecular weight excluding hydrogens is 230 g/mol. The molecule has 0 aromatic carbocycles. The molecule has 102 valence electrons. The van der Waals surface area contributed by atoms with Gasteiger partial charge in [0.2, 0.25) is 0 Å². The summed E-state index contributed by atoms with van der Waals surface area (Å²) in [6.45, 7) is 6.65. The minimum atomic E-state index is 0.0685. The first-order chi connectivity index (χ1) is 8.60. The zero-order valence-electron chi connectivity index (χ0n) is 11.7. The van der Waals surface area contributed by atoms with E-state index in [1.54, 1.807) is 4.68 Å². The fraction of sp³-hybridized carbons (Fsp3) is 0.692. The van der Waals surface area contributed by atoms with Crippen LogP contribution in [-0.2, 0) is 7.05 Å². The lowest BCUT2D eigenvalue weighted by Gasteiger charge is -2.32. The fourth-order valence-electron chi connectivity index (χ4n) is 2.44. The zero-order chi connectivity index (χ0) is 13.7. The number of aldehydes is 1. The molecule has 0 aliphatic carbocycles. The maximum Gasteiger partial charge on any atom is 0.155 e. The molecule has 1 heterocycles. The lowest BCUT2D eigenvalue weighted by molar-refractivity contribution is 0.112. The lowest BCUT2D eigenvalue weighted by Crippen LogP contribution is -2.38. The van der Waals surface area contributed by atoms with Gasteiger partial charge < -0.3 is 10.0 Å². The van der Waals surface area contributed by atoms with E-state index in [4.69, 9.17) is 0 Å². The highest BCUT2D eigenvalue weighted by Crippen LogP contribution is 2.25. The number of anilines is 1. The van der Waals surface area contributed by atoms with Gasteiger partial charge in [-0.1, -0.05) is 13.8 Å². The van der Waals surface area contributed by atoms with Crippen LogP contribution in [0.1, 0.15) is 42.7 Å². The van der Waals surface area contributed by atoms with Crippen LogP contribution in [0.15, 0.2) is 0 Å². The number of aliphatic hydroxyl groups is 1. The van der Waals surface area contributed by atoms with Crippen molar-refractivity contribution in [2.75, 3.05) is 18.1 Å². The quantitative estimate of drug-likeness (QED) is 0.749. The van der Waals surface area contributed by atoms with Gasteiger partial charge in [-0.25, -0.2) is 0 Å². The van der Waals surface area contributed by atoms with Gasteiger partial charge in [0.1, 0.15) is 5.82 Å². The summed E-state index contributed by atoms with van der Waals surface area (Å²) in [5.74, 6) is 0.810. The maximum atomic E-state index is 11.2. The Kier molecular flexibility index (Phi) is 5.34. The van der Waals surface area contributed by atoms with E-state index in [-0.39, 0.29) is 6.61 Å². The number of rotatable bonds is 7. The summed E-state index contributed by atoms with van der Waals surface area (Å²) in [4.78, 5) is 13.3. The Morgan fingerprint density at radius 3 is 2.50 bits per heavy atom. The molecule has 1 N–H and O–H groups in total. The molecule has 0 atom stereocenters. The summed E-state index contributed by atoms with van der Waals surface area (Å²) >= 11 is 0. The van der Waals surface area contributed by atoms with Crippen molar-refractivity contribution in [3.8, 4) is 0 Å². The first kappa shape index (κ1) is 14.7. The molecule has 18 heavy (non-hydrogen) atoms. The Bertz CT molecular complexity index is 397. The molecule has 0 unspecified atom stereocenters. The third kappa shape index (κ3) is 2.72. The van der Waals surface area contributed by atoms with E-state index in [2.05, 4.69) is 23.8 Å². The molecule has 0 aliphatic rings. The first-order valence-corrected chi connectivity index (χ1v) is 6.46. The predicted octanol–water partition coefficient (Wildman–Crippen LogP) is 1.53. The molecule has 0 saturated heterocycles. The zero-order valence-corrected chi connectivity index (χ0v) is 11.7. The highest BCUT2D eigenvalue weighted by Gasteiger charge is 2.23. The Morgan fingerprint density at radius 1 is 1.44 bits per heavy atom. The number of nitrogens with zero attached hydrogens (tertiary/aromatic N) is 3. The van der Waals surface area contributed by atoms with Gasteiger partial charge in [-0.05, 0) is 19.8 Å². The molecule has 5 nitrogen and oxygen atoms in total. The number of carbonyl (C=O) groups is 1. The Morgan fingerprint density at radius 2 is 2.06 bits per heavy atom. The molecule has 0 amide bonds. The van der Waals surface area contributed by atoms with Crippen LogP contribution in [0.5, 0.6) is 0 Å². The van der Waals surface area contributed by atoms with Gasteiger partial charge in [-0.3, -0.25) is 9.48 Å². The van der Waals surface area contributed by atoms with Crippen molar-refractivity contribution in [2.45, 2.75) is 39.7 Å². The molecule has 0 fully saturated rings. The Balaban J connectivity index is 3.23. The predicted molar refractivity (Wildman–Crippen MR) is 72.1 cm³/mol. The van der Waals surface area contributed by atoms with Crippen molar-refractivity contribution in [2.24, 2.45) is 7.05 Å². The van der Waals surface area contributed by atoms with Gasteiger partial charge in [0, 0.05) is 19.6 Å². The molecule has 0 spiro atoms. The van der Waals surface area contributed by atoms with Crippen molar-refractivity contribution >= 4 is 12.1 Å². The highest BCUT2D eigenvalue weighted by molar-refractivity contribution is 5.84. The van der Waals surface area contributed by atoms with E-state index in [1.807, 2.05) is 14.0 Å². The van der Waals surface area contributed by atoms with E-state index < -0.39 is 0 Å². The van der Waals surface area contributed by atoms with Crippen LogP contribution >= 0.6 is 0 Å². The van der Waals surface area contributed by atoms with E-state index >= 15 is 0 Å². The van der Waals surface area contributed by atoms with Crippen molar-refractivity contribution in [3.63, 3.8) is 0 Å². The van der Waals surface area contributed by atoms with Crippen LogP contribution in [0.3, 0.4) is 0 Å². The van der Waals surface area contributed by atoms with Crippen LogP contribution < -0.4 is 4.90 Å². The van der Waals surface area contributed by atoms with E-state index in [9.17, 15) is 9.90 Å². The summed E-state index contributed by atoms with van der Waals surface area (Å²) < 4.78 is 1.73. The average Bonchev–Trinajstić information content (AvgIpc) is 2.63. The van der Waals surface area contributed by atoms with E-state index in [0.29, 0.717) is 18.2 Å². The number of aryl methyl sites for hydroxylation is 2. The standard InChI is InChI=1S/C13H23N3O2/c1-5-11(6-2)16(7-8-17)13-12(9-18)10(3)14-15(13)4/h9,11,17H,5-8H2,1-4H3. The molecule has 0 aliphatic heterocycles. The van der Waals surface area contributed by atoms with Crippen LogP contribution in [0.2, 0.25) is 0 Å². The van der Waals surface area contributed by atoms with Crippen LogP contribution in [0.4, 0.5) is 5.82 Å². The second kappa shape index (κ2) is 6.54. The normalized spacial score (nSPS) is 11.0. The molecule has 1 aromatic rings. The van der Waals surface area contributed by atoms with Crippen LogP contribution in [0.25, 0.3) is 0 Å². The number of hydrogen-bond acceptors (Lipinski definition) is 4. The molecule has 5 heteroatoms. The van der Waals surface area contributed by atoms with Gasteiger partial charge in [0.05, 0.1) is 17.9 Å². The SMILES string of the molecule is CCC(CC)N(CCO)c1c(C=O)c(C)nn1C. The molecule has 1 rings (SSSR count). The molecule has 0 radical (unpaired) electrons. The van der Waals surface area contributed by atoms with Gasteiger partial charge in [-0.15, -0.1) is 0 Å².